The molecule has 1 spiro atoms. The molecule has 1 aliphatic heterocycles. The summed E-state index contributed by atoms with van der Waals surface area (Å²) in [6, 6.07) is 13.7. The number of para-hydroxylation sites is 2. The standard InChI is InChI=1S/C26H29N3O4/c1-33-13-12-29-22-5-3-2-4-21(22)27-24(29)16-28-11-10-26(25(28)32)9-8-18-6-7-19(23(31)17-30)14-20(18)15-26/h2-7,14,30H,8-13,15-17H2,1H3/t26-/m1/s1. The third-order valence-electron chi connectivity index (χ3n) is 7.26. The highest BCUT2D eigenvalue weighted by atomic mass is 16.5. The molecule has 1 aliphatic carbocycles. The van der Waals surface area contributed by atoms with Gasteiger partial charge < -0.3 is 19.3 Å². The van der Waals surface area contributed by atoms with Gasteiger partial charge in [-0.3, -0.25) is 9.59 Å². The summed E-state index contributed by atoms with van der Waals surface area (Å²) in [6.45, 7) is 1.96. The third kappa shape index (κ3) is 3.85. The van der Waals surface area contributed by atoms with Crippen molar-refractivity contribution in [2.24, 2.45) is 5.41 Å². The first-order valence-corrected chi connectivity index (χ1v) is 11.5. The van der Waals surface area contributed by atoms with Crippen molar-refractivity contribution in [2.45, 2.75) is 38.8 Å². The van der Waals surface area contributed by atoms with Crippen molar-refractivity contribution in [2.75, 3.05) is 26.9 Å². The first-order valence-electron chi connectivity index (χ1n) is 11.5. The zero-order valence-electron chi connectivity index (χ0n) is 18.9. The Morgan fingerprint density at radius 3 is 2.85 bits per heavy atom. The zero-order chi connectivity index (χ0) is 23.0. The number of aromatic nitrogens is 2. The number of aryl methyl sites for hydroxylation is 1. The number of methoxy groups -OCH3 is 1. The Kier molecular flexibility index (Phi) is 5.76. The maximum Gasteiger partial charge on any atom is 0.229 e. The quantitative estimate of drug-likeness (QED) is 0.563. The summed E-state index contributed by atoms with van der Waals surface area (Å²) in [7, 11) is 1.69. The van der Waals surface area contributed by atoms with Crippen LogP contribution in [0.3, 0.4) is 0 Å². The molecule has 33 heavy (non-hydrogen) atoms. The molecule has 172 valence electrons. The minimum Gasteiger partial charge on any atom is -0.388 e. The van der Waals surface area contributed by atoms with Gasteiger partial charge >= 0.3 is 0 Å². The number of benzene rings is 2. The molecule has 2 heterocycles. The molecule has 0 saturated carbocycles. The number of hydrogen-bond acceptors (Lipinski definition) is 5. The van der Waals surface area contributed by atoms with Crippen LogP contribution >= 0.6 is 0 Å². The van der Waals surface area contributed by atoms with Crippen LogP contribution < -0.4 is 0 Å². The monoisotopic (exact) mass is 447 g/mol. The Bertz CT molecular complexity index is 1220. The zero-order valence-corrected chi connectivity index (χ0v) is 18.9. The van der Waals surface area contributed by atoms with Gasteiger partial charge in [0, 0.05) is 25.8 Å². The fourth-order valence-corrected chi connectivity index (χ4v) is 5.41. The molecule has 1 atom stereocenters. The number of aliphatic hydroxyl groups excluding tert-OH is 1. The van der Waals surface area contributed by atoms with Gasteiger partial charge in [-0.2, -0.15) is 0 Å². The molecule has 2 aliphatic rings. The summed E-state index contributed by atoms with van der Waals surface area (Å²) in [5.74, 6) is 0.773. The predicted octanol–water partition coefficient (Wildman–Crippen LogP) is 2.77. The summed E-state index contributed by atoms with van der Waals surface area (Å²) < 4.78 is 7.45. The highest BCUT2D eigenvalue weighted by molar-refractivity contribution is 5.97. The van der Waals surface area contributed by atoms with E-state index in [2.05, 4.69) is 10.6 Å². The summed E-state index contributed by atoms with van der Waals surface area (Å²) in [5.41, 5.74) is 4.33. The smallest absolute Gasteiger partial charge is 0.229 e. The normalized spacial score (nSPS) is 20.1. The molecule has 1 amide bonds. The molecule has 3 aromatic rings. The molecule has 2 aromatic carbocycles. The van der Waals surface area contributed by atoms with E-state index < -0.39 is 12.0 Å². The first-order chi connectivity index (χ1) is 16.0. The average Bonchev–Trinajstić information content (AvgIpc) is 3.34. The van der Waals surface area contributed by atoms with Crippen molar-refractivity contribution in [1.29, 1.82) is 0 Å². The molecule has 0 unspecified atom stereocenters. The number of fused-ring (bicyclic) bond motifs is 2. The Balaban J connectivity index is 1.39. The second-order valence-corrected chi connectivity index (χ2v) is 9.16. The van der Waals surface area contributed by atoms with E-state index in [1.807, 2.05) is 35.2 Å². The number of carbonyl (C=O) groups excluding carboxylic acids is 2. The van der Waals surface area contributed by atoms with Crippen molar-refractivity contribution in [3.8, 4) is 0 Å². The largest absolute Gasteiger partial charge is 0.388 e. The van der Waals surface area contributed by atoms with E-state index in [0.717, 1.165) is 41.7 Å². The Morgan fingerprint density at radius 1 is 1.18 bits per heavy atom. The fraction of sp³-hybridized carbons (Fsp3) is 0.423. The summed E-state index contributed by atoms with van der Waals surface area (Å²) in [6.07, 6.45) is 3.10. The summed E-state index contributed by atoms with van der Waals surface area (Å²) in [4.78, 5) is 32.4. The van der Waals surface area contributed by atoms with Gasteiger partial charge in [0.2, 0.25) is 5.91 Å². The van der Waals surface area contributed by atoms with Crippen LogP contribution in [0, 0.1) is 5.41 Å². The highest BCUT2D eigenvalue weighted by Gasteiger charge is 2.48. The van der Waals surface area contributed by atoms with Gasteiger partial charge in [0.25, 0.3) is 0 Å². The fourth-order valence-electron chi connectivity index (χ4n) is 5.41. The number of likely N-dealkylation sites (tertiary alicyclic amines) is 1. The van der Waals surface area contributed by atoms with Crippen molar-refractivity contribution in [3.05, 3.63) is 65.0 Å². The van der Waals surface area contributed by atoms with E-state index in [1.165, 1.54) is 5.56 Å². The molecular formula is C26H29N3O4. The van der Waals surface area contributed by atoms with Crippen LogP contribution in [0.25, 0.3) is 11.0 Å². The van der Waals surface area contributed by atoms with Crippen LogP contribution in [0.4, 0.5) is 0 Å². The van der Waals surface area contributed by atoms with Crippen LogP contribution in [-0.4, -0.2) is 58.1 Å². The highest BCUT2D eigenvalue weighted by Crippen LogP contribution is 2.44. The molecule has 1 fully saturated rings. The second-order valence-electron chi connectivity index (χ2n) is 9.16. The van der Waals surface area contributed by atoms with E-state index >= 15 is 0 Å². The molecular weight excluding hydrogens is 418 g/mol. The third-order valence-corrected chi connectivity index (χ3v) is 7.26. The van der Waals surface area contributed by atoms with E-state index in [1.54, 1.807) is 13.2 Å². The number of amides is 1. The minimum absolute atomic E-state index is 0.178. The lowest BCUT2D eigenvalue weighted by molar-refractivity contribution is -0.137. The molecule has 1 saturated heterocycles. The van der Waals surface area contributed by atoms with Crippen LogP contribution in [0.5, 0.6) is 0 Å². The van der Waals surface area contributed by atoms with Gasteiger partial charge in [0.05, 0.1) is 29.6 Å². The molecule has 0 radical (unpaired) electrons. The van der Waals surface area contributed by atoms with Gasteiger partial charge in [-0.15, -0.1) is 0 Å². The van der Waals surface area contributed by atoms with Crippen LogP contribution in [0.15, 0.2) is 42.5 Å². The van der Waals surface area contributed by atoms with E-state index in [9.17, 15) is 14.7 Å². The van der Waals surface area contributed by atoms with Crippen molar-refractivity contribution in [1.82, 2.24) is 14.5 Å². The van der Waals surface area contributed by atoms with Gasteiger partial charge in [-0.05, 0) is 55.0 Å². The molecule has 1 aromatic heterocycles. The molecule has 1 N–H and O–H groups in total. The van der Waals surface area contributed by atoms with Crippen LogP contribution in [-0.2, 0) is 35.5 Å². The van der Waals surface area contributed by atoms with Crippen LogP contribution in [0.1, 0.15) is 40.2 Å². The van der Waals surface area contributed by atoms with Gasteiger partial charge in [0.15, 0.2) is 5.78 Å². The molecule has 7 heteroatoms. The molecule has 7 nitrogen and oxygen atoms in total. The van der Waals surface area contributed by atoms with Crippen molar-refractivity contribution < 1.29 is 19.4 Å². The maximum absolute atomic E-state index is 13.7. The van der Waals surface area contributed by atoms with Gasteiger partial charge in [-0.25, -0.2) is 4.98 Å². The van der Waals surface area contributed by atoms with E-state index in [4.69, 9.17) is 9.72 Å². The molecule has 5 rings (SSSR count). The lowest BCUT2D eigenvalue weighted by atomic mass is 9.70. The lowest BCUT2D eigenvalue weighted by Gasteiger charge is -2.33. The van der Waals surface area contributed by atoms with Crippen molar-refractivity contribution >= 4 is 22.7 Å². The lowest BCUT2D eigenvalue weighted by Crippen LogP contribution is -2.39. The SMILES string of the molecule is COCCn1c(CN2CC[C@@]3(CCc4ccc(C(=O)CO)cc4C3)C2=O)nc2ccccc21. The summed E-state index contributed by atoms with van der Waals surface area (Å²) in [5, 5.41) is 9.22. The number of ketones is 1. The van der Waals surface area contributed by atoms with Gasteiger partial charge in [0.1, 0.15) is 12.4 Å². The first kappa shape index (κ1) is 21.8. The average molecular weight is 448 g/mol. The van der Waals surface area contributed by atoms with Gasteiger partial charge in [-0.1, -0.05) is 24.3 Å². The number of rotatable bonds is 7. The number of aliphatic hydroxyl groups is 1. The number of carbonyl (C=O) groups is 2. The van der Waals surface area contributed by atoms with E-state index in [-0.39, 0.29) is 11.7 Å². The Morgan fingerprint density at radius 2 is 2.03 bits per heavy atom. The minimum atomic E-state index is -0.499. The number of hydrogen-bond donors (Lipinski definition) is 1. The number of nitrogens with zero attached hydrogens (tertiary/aromatic N) is 3. The maximum atomic E-state index is 13.7. The summed E-state index contributed by atoms with van der Waals surface area (Å²) >= 11 is 0. The van der Waals surface area contributed by atoms with Crippen molar-refractivity contribution in [3.63, 3.8) is 0 Å². The second kappa shape index (κ2) is 8.72. The molecule has 0 bridgehead atoms. The predicted molar refractivity (Wildman–Crippen MR) is 124 cm³/mol. The van der Waals surface area contributed by atoms with Crippen LogP contribution in [0.2, 0.25) is 0 Å². The number of Topliss-reactive ketones (excluding diaryl/α,β-unsaturated/α-hetero) is 1. The Labute approximate surface area is 193 Å². The topological polar surface area (TPSA) is 84.7 Å². The Hall–Kier alpha value is -3.03. The van der Waals surface area contributed by atoms with E-state index in [0.29, 0.717) is 38.2 Å². The number of imidazole rings is 1. The number of ether oxygens (including phenoxy) is 1.